The van der Waals surface area contributed by atoms with Crippen molar-refractivity contribution in [2.75, 3.05) is 13.2 Å². The van der Waals surface area contributed by atoms with Crippen molar-refractivity contribution in [3.8, 4) is 0 Å². The third-order valence-corrected chi connectivity index (χ3v) is 4.30. The lowest BCUT2D eigenvalue weighted by molar-refractivity contribution is -0.172. The van der Waals surface area contributed by atoms with Crippen molar-refractivity contribution >= 4 is 11.9 Å². The molecule has 2 aliphatic rings. The summed E-state index contributed by atoms with van der Waals surface area (Å²) in [7, 11) is 0. The number of hydrogen-bond acceptors (Lipinski definition) is 4. The van der Waals surface area contributed by atoms with E-state index in [9.17, 15) is 9.59 Å². The molecule has 1 aliphatic heterocycles. The van der Waals surface area contributed by atoms with Gasteiger partial charge in [0, 0.05) is 11.3 Å². The third-order valence-electron chi connectivity index (χ3n) is 4.30. The molecule has 1 saturated heterocycles. The largest absolute Gasteiger partial charge is 0.465 e. The fraction of sp³-hybridized carbons (Fsp3) is 0.733. The van der Waals surface area contributed by atoms with E-state index in [4.69, 9.17) is 9.47 Å². The van der Waals surface area contributed by atoms with Crippen LogP contribution in [0.25, 0.3) is 0 Å². The fourth-order valence-corrected chi connectivity index (χ4v) is 3.66. The highest BCUT2D eigenvalue weighted by atomic mass is 16.6. The van der Waals surface area contributed by atoms with Gasteiger partial charge in [0.25, 0.3) is 0 Å². The van der Waals surface area contributed by atoms with Gasteiger partial charge in [-0.1, -0.05) is 32.9 Å². The monoisotopic (exact) mass is 266 g/mol. The second kappa shape index (κ2) is 4.66. The van der Waals surface area contributed by atoms with Crippen molar-refractivity contribution in [1.29, 1.82) is 0 Å². The van der Waals surface area contributed by atoms with E-state index >= 15 is 0 Å². The molecule has 0 bridgehead atoms. The van der Waals surface area contributed by atoms with Gasteiger partial charge in [-0.2, -0.15) is 0 Å². The van der Waals surface area contributed by atoms with E-state index in [2.05, 4.69) is 13.8 Å². The summed E-state index contributed by atoms with van der Waals surface area (Å²) >= 11 is 0. The predicted molar refractivity (Wildman–Crippen MR) is 70.2 cm³/mol. The first-order chi connectivity index (χ1) is 8.88. The molecule has 1 heterocycles. The second-order valence-electron chi connectivity index (χ2n) is 6.11. The lowest BCUT2D eigenvalue weighted by Crippen LogP contribution is -2.51. The predicted octanol–water partition coefficient (Wildman–Crippen LogP) is 2.33. The number of allylic oxidation sites excluding steroid dienone is 1. The first-order valence-corrected chi connectivity index (χ1v) is 6.92. The molecule has 4 heteroatoms. The number of ether oxygens (including phenoxy) is 2. The Balaban J connectivity index is 2.46. The number of carbonyl (C=O) groups is 2. The van der Waals surface area contributed by atoms with Crippen molar-refractivity contribution in [2.45, 2.75) is 34.1 Å². The topological polar surface area (TPSA) is 52.6 Å². The van der Waals surface area contributed by atoms with Gasteiger partial charge in [-0.05, 0) is 19.3 Å². The number of esters is 2. The number of carbonyl (C=O) groups excluding carboxylic acids is 2. The SMILES string of the molecule is CCOC(=O)[C@@]12C(=O)OC[C@@H]1C=C[C@@]2(C)CC(C)C. The van der Waals surface area contributed by atoms with Crippen LogP contribution in [-0.4, -0.2) is 25.2 Å². The minimum Gasteiger partial charge on any atom is -0.465 e. The standard InChI is InChI=1S/C15H22O4/c1-5-18-12(16)15-11(9-19-13(15)17)6-7-14(15,4)8-10(2)3/h6-7,10-11H,5,8-9H2,1-4H3/t11-,14-,15+/m0/s1. The molecule has 106 valence electrons. The van der Waals surface area contributed by atoms with E-state index in [1.807, 2.05) is 19.1 Å². The van der Waals surface area contributed by atoms with Crippen molar-refractivity contribution in [1.82, 2.24) is 0 Å². The molecule has 19 heavy (non-hydrogen) atoms. The molecular weight excluding hydrogens is 244 g/mol. The molecule has 0 N–H and O–H groups in total. The van der Waals surface area contributed by atoms with Crippen LogP contribution in [-0.2, 0) is 19.1 Å². The zero-order valence-electron chi connectivity index (χ0n) is 12.1. The summed E-state index contributed by atoms with van der Waals surface area (Å²) in [6.45, 7) is 8.45. The van der Waals surface area contributed by atoms with E-state index in [0.29, 0.717) is 5.92 Å². The van der Waals surface area contributed by atoms with Gasteiger partial charge in [0.05, 0.1) is 13.2 Å². The molecule has 0 radical (unpaired) electrons. The molecule has 4 nitrogen and oxygen atoms in total. The summed E-state index contributed by atoms with van der Waals surface area (Å²) in [5, 5.41) is 0. The minimum atomic E-state index is -1.17. The van der Waals surface area contributed by atoms with Crippen molar-refractivity contribution in [3.05, 3.63) is 12.2 Å². The minimum absolute atomic E-state index is 0.192. The molecule has 0 saturated carbocycles. The molecule has 0 spiro atoms. The average molecular weight is 266 g/mol. The number of hydrogen-bond donors (Lipinski definition) is 0. The Morgan fingerprint density at radius 1 is 1.58 bits per heavy atom. The Bertz CT molecular complexity index is 426. The molecule has 0 aromatic carbocycles. The average Bonchev–Trinajstić information content (AvgIpc) is 2.78. The van der Waals surface area contributed by atoms with E-state index in [-0.39, 0.29) is 19.1 Å². The van der Waals surface area contributed by atoms with Crippen LogP contribution < -0.4 is 0 Å². The molecule has 0 unspecified atom stereocenters. The molecule has 3 atom stereocenters. The van der Waals surface area contributed by atoms with Crippen LogP contribution in [0, 0.1) is 22.7 Å². The third kappa shape index (κ3) is 1.80. The summed E-state index contributed by atoms with van der Waals surface area (Å²) in [4.78, 5) is 24.8. The fourth-order valence-electron chi connectivity index (χ4n) is 3.66. The van der Waals surface area contributed by atoms with Crippen LogP contribution in [0.3, 0.4) is 0 Å². The van der Waals surface area contributed by atoms with Gasteiger partial charge in [0.1, 0.15) is 0 Å². The highest BCUT2D eigenvalue weighted by molar-refractivity contribution is 6.04. The second-order valence-corrected chi connectivity index (χ2v) is 6.11. The molecule has 0 amide bonds. The number of rotatable bonds is 4. The first kappa shape index (κ1) is 14.1. The maximum atomic E-state index is 12.5. The maximum Gasteiger partial charge on any atom is 0.325 e. The molecular formula is C15H22O4. The van der Waals surface area contributed by atoms with Crippen LogP contribution in [0.5, 0.6) is 0 Å². The van der Waals surface area contributed by atoms with E-state index in [1.54, 1.807) is 6.92 Å². The Kier molecular flexibility index (Phi) is 3.45. The van der Waals surface area contributed by atoms with Crippen molar-refractivity contribution in [2.24, 2.45) is 22.7 Å². The lowest BCUT2D eigenvalue weighted by atomic mass is 9.60. The smallest absolute Gasteiger partial charge is 0.325 e. The number of fused-ring (bicyclic) bond motifs is 1. The summed E-state index contributed by atoms with van der Waals surface area (Å²) in [6.07, 6.45) is 4.72. The highest BCUT2D eigenvalue weighted by Gasteiger charge is 2.69. The van der Waals surface area contributed by atoms with Crippen molar-refractivity contribution < 1.29 is 19.1 Å². The lowest BCUT2D eigenvalue weighted by Gasteiger charge is -2.39. The van der Waals surface area contributed by atoms with Crippen molar-refractivity contribution in [3.63, 3.8) is 0 Å². The summed E-state index contributed by atoms with van der Waals surface area (Å²) in [5.74, 6) is -0.671. The molecule has 0 aromatic heterocycles. The Hall–Kier alpha value is -1.32. The van der Waals surface area contributed by atoms with Gasteiger partial charge < -0.3 is 9.47 Å². The number of cyclic esters (lactones) is 1. The van der Waals surface area contributed by atoms with E-state index in [1.165, 1.54) is 0 Å². The van der Waals surface area contributed by atoms with Crippen LogP contribution in [0.2, 0.25) is 0 Å². The zero-order valence-corrected chi connectivity index (χ0v) is 12.1. The quantitative estimate of drug-likeness (QED) is 0.445. The Morgan fingerprint density at radius 2 is 2.26 bits per heavy atom. The van der Waals surface area contributed by atoms with E-state index in [0.717, 1.165) is 6.42 Å². The Morgan fingerprint density at radius 3 is 2.84 bits per heavy atom. The van der Waals surface area contributed by atoms with Gasteiger partial charge in [0.2, 0.25) is 0 Å². The molecule has 0 aromatic rings. The summed E-state index contributed by atoms with van der Waals surface area (Å²) in [5.41, 5.74) is -1.70. The van der Waals surface area contributed by atoms with Gasteiger partial charge in [0.15, 0.2) is 5.41 Å². The van der Waals surface area contributed by atoms with Crippen LogP contribution >= 0.6 is 0 Å². The summed E-state index contributed by atoms with van der Waals surface area (Å²) in [6, 6.07) is 0. The van der Waals surface area contributed by atoms with Crippen LogP contribution in [0.1, 0.15) is 34.1 Å². The highest BCUT2D eigenvalue weighted by Crippen LogP contribution is 2.59. The van der Waals surface area contributed by atoms with Gasteiger partial charge in [-0.25, -0.2) is 0 Å². The first-order valence-electron chi connectivity index (χ1n) is 6.92. The summed E-state index contributed by atoms with van der Waals surface area (Å²) < 4.78 is 10.4. The van der Waals surface area contributed by atoms with E-state index < -0.39 is 22.8 Å². The normalized spacial score (nSPS) is 36.5. The molecule has 1 fully saturated rings. The van der Waals surface area contributed by atoms with Gasteiger partial charge >= 0.3 is 11.9 Å². The molecule has 2 rings (SSSR count). The Labute approximate surface area is 114 Å². The maximum absolute atomic E-state index is 12.5. The molecule has 1 aliphatic carbocycles. The van der Waals surface area contributed by atoms with Crippen LogP contribution in [0.4, 0.5) is 0 Å². The van der Waals surface area contributed by atoms with Gasteiger partial charge in [-0.3, -0.25) is 9.59 Å². The zero-order chi connectivity index (χ0) is 14.3. The van der Waals surface area contributed by atoms with Crippen LogP contribution in [0.15, 0.2) is 12.2 Å². The van der Waals surface area contributed by atoms with Gasteiger partial charge in [-0.15, -0.1) is 0 Å².